The first kappa shape index (κ1) is 33.5. The smallest absolute Gasteiger partial charge is 0.178 e. The number of fused-ring (bicyclic) bond motifs is 12. The number of rotatable bonds is 4. The zero-order chi connectivity index (χ0) is 39.2. The molecule has 0 atom stereocenters. The fourth-order valence-electron chi connectivity index (χ4n) is 9.27. The third-order valence-corrected chi connectivity index (χ3v) is 12.2. The first-order valence-electron chi connectivity index (χ1n) is 20.0. The van der Waals surface area contributed by atoms with Crippen LogP contribution in [0.1, 0.15) is 25.0 Å². The van der Waals surface area contributed by atoms with E-state index in [9.17, 15) is 0 Å². The molecule has 5 heteroatoms. The van der Waals surface area contributed by atoms with Gasteiger partial charge >= 0.3 is 0 Å². The quantitative estimate of drug-likeness (QED) is 0.167. The van der Waals surface area contributed by atoms with Crippen molar-refractivity contribution in [1.29, 1.82) is 0 Å². The van der Waals surface area contributed by atoms with Crippen molar-refractivity contribution in [2.24, 2.45) is 0 Å². The maximum atomic E-state index is 6.76. The summed E-state index contributed by atoms with van der Waals surface area (Å²) in [5.41, 5.74) is 9.41. The lowest BCUT2D eigenvalue weighted by atomic mass is 9.82. The molecular formula is C54H35N3O2. The number of ether oxygens (including phenoxy) is 2. The summed E-state index contributed by atoms with van der Waals surface area (Å²) in [4.78, 5) is 15.2. The van der Waals surface area contributed by atoms with E-state index in [4.69, 9.17) is 24.4 Å². The Morgan fingerprint density at radius 2 is 0.864 bits per heavy atom. The van der Waals surface area contributed by atoms with Crippen LogP contribution in [0.4, 0.5) is 0 Å². The molecule has 1 aromatic heterocycles. The molecule has 0 saturated carbocycles. The van der Waals surface area contributed by atoms with Crippen LogP contribution in [-0.2, 0) is 5.41 Å². The van der Waals surface area contributed by atoms with Crippen molar-refractivity contribution < 1.29 is 9.47 Å². The molecule has 0 unspecified atom stereocenters. The van der Waals surface area contributed by atoms with E-state index in [1.807, 2.05) is 48.5 Å². The van der Waals surface area contributed by atoms with E-state index in [1.165, 1.54) is 49.0 Å². The summed E-state index contributed by atoms with van der Waals surface area (Å²) in [5.74, 6) is 4.73. The molecular weight excluding hydrogens is 723 g/mol. The lowest BCUT2D eigenvalue weighted by Gasteiger charge is -2.26. The predicted octanol–water partition coefficient (Wildman–Crippen LogP) is 14.2. The van der Waals surface area contributed by atoms with Crippen molar-refractivity contribution >= 4 is 32.3 Å². The number of para-hydroxylation sites is 1. The van der Waals surface area contributed by atoms with E-state index in [0.29, 0.717) is 34.7 Å². The maximum absolute atomic E-state index is 6.76. The Hall–Kier alpha value is -7.63. The van der Waals surface area contributed by atoms with Crippen LogP contribution in [-0.4, -0.2) is 15.0 Å². The monoisotopic (exact) mass is 757 g/mol. The van der Waals surface area contributed by atoms with Gasteiger partial charge in [0.25, 0.3) is 0 Å². The number of aromatic nitrogens is 3. The van der Waals surface area contributed by atoms with Gasteiger partial charge in [0.2, 0.25) is 0 Å². The molecule has 12 rings (SSSR count). The summed E-state index contributed by atoms with van der Waals surface area (Å²) in [5, 5.41) is 7.29. The standard InChI is InChI=1S/C54H35N3O2/c1-54(2)44-21-11-10-19-42(44)48-45(54)29-30-47-50(48)59-46-22-12-20-36(49(46)58-47)32-23-25-34(26-24-32)52-55-51(33-13-4-3-5-14-33)56-53(57-52)35-27-28-41-39-17-7-6-15-37(39)38-16-8-9-18-40(38)43(41)31-35/h3-31H,1-2H3. The summed E-state index contributed by atoms with van der Waals surface area (Å²) < 4.78 is 13.5. The van der Waals surface area contributed by atoms with Gasteiger partial charge in [-0.25, -0.2) is 15.0 Å². The van der Waals surface area contributed by atoms with Crippen LogP contribution in [0.25, 0.3) is 88.7 Å². The Bertz CT molecular complexity index is 3320. The average Bonchev–Trinajstić information content (AvgIpc) is 3.54. The second kappa shape index (κ2) is 12.7. The summed E-state index contributed by atoms with van der Waals surface area (Å²) in [6.45, 7) is 4.55. The Labute approximate surface area is 341 Å². The number of hydrogen-bond acceptors (Lipinski definition) is 5. The molecule has 0 radical (unpaired) electrons. The lowest BCUT2D eigenvalue weighted by molar-refractivity contribution is 0.361. The third kappa shape index (κ3) is 5.14. The minimum Gasteiger partial charge on any atom is -0.449 e. The van der Waals surface area contributed by atoms with E-state index in [-0.39, 0.29) is 5.41 Å². The summed E-state index contributed by atoms with van der Waals surface area (Å²) >= 11 is 0. The molecule has 1 aliphatic heterocycles. The Morgan fingerprint density at radius 1 is 0.356 bits per heavy atom. The van der Waals surface area contributed by atoms with Crippen molar-refractivity contribution in [3.8, 4) is 79.4 Å². The van der Waals surface area contributed by atoms with Crippen LogP contribution in [0.5, 0.6) is 23.0 Å². The molecule has 0 N–H and O–H groups in total. The van der Waals surface area contributed by atoms with E-state index in [1.54, 1.807) is 0 Å². The van der Waals surface area contributed by atoms with E-state index in [0.717, 1.165) is 39.1 Å². The molecule has 1 aliphatic carbocycles. The molecule has 0 fully saturated rings. The van der Waals surface area contributed by atoms with Crippen LogP contribution < -0.4 is 9.47 Å². The summed E-state index contributed by atoms with van der Waals surface area (Å²) in [7, 11) is 0. The van der Waals surface area contributed by atoms with Crippen molar-refractivity contribution in [2.75, 3.05) is 0 Å². The molecule has 5 nitrogen and oxygen atoms in total. The molecule has 10 aromatic rings. The first-order chi connectivity index (χ1) is 29.0. The van der Waals surface area contributed by atoms with E-state index < -0.39 is 0 Å². The van der Waals surface area contributed by atoms with Crippen LogP contribution in [0.3, 0.4) is 0 Å². The zero-order valence-electron chi connectivity index (χ0n) is 32.4. The normalized spacial score (nSPS) is 13.3. The highest BCUT2D eigenvalue weighted by molar-refractivity contribution is 6.25. The first-order valence-corrected chi connectivity index (χ1v) is 20.0. The van der Waals surface area contributed by atoms with Gasteiger partial charge in [0.15, 0.2) is 40.5 Å². The molecule has 278 valence electrons. The molecule has 2 heterocycles. The zero-order valence-corrected chi connectivity index (χ0v) is 32.4. The largest absolute Gasteiger partial charge is 0.449 e. The van der Waals surface area contributed by atoms with Crippen molar-refractivity contribution in [1.82, 2.24) is 15.0 Å². The lowest BCUT2D eigenvalue weighted by Crippen LogP contribution is -2.15. The highest BCUT2D eigenvalue weighted by atomic mass is 16.6. The van der Waals surface area contributed by atoms with E-state index >= 15 is 0 Å². The van der Waals surface area contributed by atoms with Crippen molar-refractivity contribution in [3.63, 3.8) is 0 Å². The Morgan fingerprint density at radius 3 is 1.58 bits per heavy atom. The van der Waals surface area contributed by atoms with Crippen LogP contribution in [0.2, 0.25) is 0 Å². The third-order valence-electron chi connectivity index (χ3n) is 12.2. The van der Waals surface area contributed by atoms with Gasteiger partial charge < -0.3 is 9.47 Å². The Balaban J connectivity index is 0.938. The van der Waals surface area contributed by atoms with Gasteiger partial charge in [-0.3, -0.25) is 0 Å². The molecule has 0 bridgehead atoms. The van der Waals surface area contributed by atoms with Gasteiger partial charge in [-0.1, -0.05) is 172 Å². The minimum atomic E-state index is -0.130. The van der Waals surface area contributed by atoms with Crippen LogP contribution in [0, 0.1) is 0 Å². The van der Waals surface area contributed by atoms with Crippen LogP contribution in [0.15, 0.2) is 176 Å². The minimum absolute atomic E-state index is 0.130. The second-order valence-corrected chi connectivity index (χ2v) is 15.9. The van der Waals surface area contributed by atoms with Gasteiger partial charge in [0.05, 0.1) is 0 Å². The molecule has 59 heavy (non-hydrogen) atoms. The molecule has 0 amide bonds. The maximum Gasteiger partial charge on any atom is 0.178 e. The number of benzene rings is 9. The van der Waals surface area contributed by atoms with Gasteiger partial charge in [0.1, 0.15) is 0 Å². The molecule has 2 aliphatic rings. The highest BCUT2D eigenvalue weighted by Crippen LogP contribution is 2.59. The number of nitrogens with zero attached hydrogens (tertiary/aromatic N) is 3. The molecule has 0 saturated heterocycles. The SMILES string of the molecule is CC1(C)c2ccccc2-c2c1ccc1c2Oc2cccc(-c3ccc(-c4nc(-c5ccccc5)nc(-c5ccc6c7ccccc7c7ccccc7c6c5)n4)cc3)c2O1. The fraction of sp³-hybridized carbons (Fsp3) is 0.0556. The average molecular weight is 758 g/mol. The predicted molar refractivity (Wildman–Crippen MR) is 238 cm³/mol. The number of hydrogen-bond donors (Lipinski definition) is 0. The molecule has 0 spiro atoms. The van der Waals surface area contributed by atoms with Crippen LogP contribution >= 0.6 is 0 Å². The van der Waals surface area contributed by atoms with E-state index in [2.05, 4.69) is 141 Å². The van der Waals surface area contributed by atoms with Gasteiger partial charge in [-0.05, 0) is 72.8 Å². The molecule has 9 aromatic carbocycles. The summed E-state index contributed by atoms with van der Waals surface area (Å²) in [6.07, 6.45) is 0. The highest BCUT2D eigenvalue weighted by Gasteiger charge is 2.39. The Kier molecular flexibility index (Phi) is 7.20. The summed E-state index contributed by atoms with van der Waals surface area (Å²) in [6, 6.07) is 61.2. The van der Waals surface area contributed by atoms with Crippen molar-refractivity contribution in [2.45, 2.75) is 19.3 Å². The second-order valence-electron chi connectivity index (χ2n) is 15.9. The van der Waals surface area contributed by atoms with Crippen molar-refractivity contribution in [3.05, 3.63) is 187 Å². The van der Waals surface area contributed by atoms with Gasteiger partial charge in [-0.2, -0.15) is 0 Å². The van der Waals surface area contributed by atoms with Gasteiger partial charge in [0, 0.05) is 33.2 Å². The fourth-order valence-corrected chi connectivity index (χ4v) is 9.27. The van der Waals surface area contributed by atoms with Gasteiger partial charge in [-0.15, -0.1) is 0 Å². The topological polar surface area (TPSA) is 57.1 Å².